The van der Waals surface area contributed by atoms with Crippen molar-refractivity contribution in [2.75, 3.05) is 5.73 Å². The Morgan fingerprint density at radius 3 is 2.65 bits per heavy atom. The predicted octanol–water partition coefficient (Wildman–Crippen LogP) is 3.45. The molecule has 0 saturated heterocycles. The van der Waals surface area contributed by atoms with E-state index in [9.17, 15) is 13.2 Å². The van der Waals surface area contributed by atoms with Gasteiger partial charge in [-0.3, -0.25) is 0 Å². The molecule has 0 amide bonds. The lowest BCUT2D eigenvalue weighted by Gasteiger charge is -2.07. The van der Waals surface area contributed by atoms with Crippen molar-refractivity contribution in [1.29, 1.82) is 0 Å². The molecule has 1 aromatic carbocycles. The summed E-state index contributed by atoms with van der Waals surface area (Å²) in [7, 11) is 0. The second-order valence-electron chi connectivity index (χ2n) is 4.47. The van der Waals surface area contributed by atoms with E-state index in [4.69, 9.17) is 21.9 Å². The van der Waals surface area contributed by atoms with E-state index in [1.807, 2.05) is 0 Å². The smallest absolute Gasteiger partial charge is 0.383 e. The minimum absolute atomic E-state index is 0.0407. The zero-order chi connectivity index (χ0) is 16.6. The fourth-order valence-electron chi connectivity index (χ4n) is 1.84. The minimum Gasteiger partial charge on any atom is -0.383 e. The second-order valence-corrected chi connectivity index (χ2v) is 4.91. The van der Waals surface area contributed by atoms with Gasteiger partial charge in [-0.05, 0) is 18.2 Å². The van der Waals surface area contributed by atoms with Crippen LogP contribution in [0.4, 0.5) is 19.0 Å². The van der Waals surface area contributed by atoms with Gasteiger partial charge in [0.05, 0.1) is 11.1 Å². The Hall–Kier alpha value is -2.68. The molecule has 0 unspecified atom stereocenters. The maximum Gasteiger partial charge on any atom is 0.416 e. The number of anilines is 1. The standard InChI is InChI=1S/C13H7ClF3N5O/c14-8-2-6(1-7(3-8)13(15,16)17)12-21-11(22-23-12)9-4-19-5-20-10(9)18/h1-5H,(H2,18,19,20). The van der Waals surface area contributed by atoms with Gasteiger partial charge >= 0.3 is 6.18 Å². The third kappa shape index (κ3) is 3.09. The molecule has 0 aliphatic heterocycles. The number of hydrogen-bond acceptors (Lipinski definition) is 6. The molecule has 3 aromatic rings. The molecule has 0 saturated carbocycles. The number of nitrogens with two attached hydrogens (primary N) is 1. The van der Waals surface area contributed by atoms with Crippen molar-refractivity contribution in [2.45, 2.75) is 6.18 Å². The monoisotopic (exact) mass is 341 g/mol. The van der Waals surface area contributed by atoms with Gasteiger partial charge in [0.15, 0.2) is 0 Å². The third-order valence-electron chi connectivity index (χ3n) is 2.88. The molecule has 0 fully saturated rings. The first-order valence-corrected chi connectivity index (χ1v) is 6.50. The van der Waals surface area contributed by atoms with E-state index in [-0.39, 0.29) is 28.1 Å². The van der Waals surface area contributed by atoms with Gasteiger partial charge in [-0.2, -0.15) is 18.2 Å². The molecule has 0 bridgehead atoms. The largest absolute Gasteiger partial charge is 0.416 e. The number of aromatic nitrogens is 4. The normalized spacial score (nSPS) is 11.7. The summed E-state index contributed by atoms with van der Waals surface area (Å²) in [5, 5.41) is 3.57. The second kappa shape index (κ2) is 5.51. The zero-order valence-corrected chi connectivity index (χ0v) is 11.9. The van der Waals surface area contributed by atoms with Crippen molar-refractivity contribution >= 4 is 17.4 Å². The number of nitrogen functional groups attached to an aromatic ring is 1. The van der Waals surface area contributed by atoms with E-state index in [2.05, 4.69) is 20.1 Å². The Morgan fingerprint density at radius 1 is 1.17 bits per heavy atom. The molecule has 2 heterocycles. The van der Waals surface area contributed by atoms with Gasteiger partial charge in [-0.25, -0.2) is 9.97 Å². The Labute approximate surface area is 132 Å². The van der Waals surface area contributed by atoms with Gasteiger partial charge in [-0.15, -0.1) is 0 Å². The lowest BCUT2D eigenvalue weighted by molar-refractivity contribution is -0.137. The Morgan fingerprint density at radius 2 is 1.96 bits per heavy atom. The fourth-order valence-corrected chi connectivity index (χ4v) is 2.07. The van der Waals surface area contributed by atoms with Crippen molar-refractivity contribution in [1.82, 2.24) is 20.1 Å². The number of nitrogens with zero attached hydrogens (tertiary/aromatic N) is 4. The van der Waals surface area contributed by atoms with Gasteiger partial charge in [-0.1, -0.05) is 16.8 Å². The maximum atomic E-state index is 12.8. The van der Waals surface area contributed by atoms with Gasteiger partial charge in [0, 0.05) is 16.8 Å². The highest BCUT2D eigenvalue weighted by molar-refractivity contribution is 6.30. The Bertz CT molecular complexity index is 865. The molecule has 23 heavy (non-hydrogen) atoms. The highest BCUT2D eigenvalue weighted by Crippen LogP contribution is 2.34. The summed E-state index contributed by atoms with van der Waals surface area (Å²) in [5.41, 5.74) is 5.10. The summed E-state index contributed by atoms with van der Waals surface area (Å²) in [4.78, 5) is 11.6. The van der Waals surface area contributed by atoms with Crippen LogP contribution in [-0.2, 0) is 6.18 Å². The summed E-state index contributed by atoms with van der Waals surface area (Å²) < 4.78 is 43.5. The van der Waals surface area contributed by atoms with Crippen LogP contribution in [0.3, 0.4) is 0 Å². The van der Waals surface area contributed by atoms with Gasteiger partial charge < -0.3 is 10.3 Å². The number of rotatable bonds is 2. The van der Waals surface area contributed by atoms with E-state index >= 15 is 0 Å². The van der Waals surface area contributed by atoms with Crippen LogP contribution in [0.2, 0.25) is 5.02 Å². The predicted molar refractivity (Wildman–Crippen MR) is 75.2 cm³/mol. The lowest BCUT2D eigenvalue weighted by atomic mass is 10.1. The molecule has 0 aliphatic rings. The van der Waals surface area contributed by atoms with Crippen molar-refractivity contribution in [3.8, 4) is 22.8 Å². The zero-order valence-electron chi connectivity index (χ0n) is 11.2. The molecule has 0 spiro atoms. The van der Waals surface area contributed by atoms with Gasteiger partial charge in [0.25, 0.3) is 5.89 Å². The number of hydrogen-bond donors (Lipinski definition) is 1. The summed E-state index contributed by atoms with van der Waals surface area (Å²) in [6, 6.07) is 2.97. The van der Waals surface area contributed by atoms with Crippen LogP contribution in [0.5, 0.6) is 0 Å². The van der Waals surface area contributed by atoms with E-state index < -0.39 is 11.7 Å². The van der Waals surface area contributed by atoms with E-state index in [1.54, 1.807) is 0 Å². The van der Waals surface area contributed by atoms with Crippen molar-refractivity contribution in [3.05, 3.63) is 41.3 Å². The Balaban J connectivity index is 2.04. The van der Waals surface area contributed by atoms with E-state index in [0.29, 0.717) is 5.56 Å². The summed E-state index contributed by atoms with van der Waals surface area (Å²) in [5.74, 6) is 0.0531. The molecule has 2 N–H and O–H groups in total. The molecule has 0 radical (unpaired) electrons. The van der Waals surface area contributed by atoms with Crippen LogP contribution in [0.25, 0.3) is 22.8 Å². The summed E-state index contributed by atoms with van der Waals surface area (Å²) in [6.45, 7) is 0. The van der Waals surface area contributed by atoms with E-state index in [0.717, 1.165) is 12.1 Å². The molecule has 2 aromatic heterocycles. The molecular weight excluding hydrogens is 335 g/mol. The molecule has 3 rings (SSSR count). The SMILES string of the molecule is Nc1ncncc1-c1noc(-c2cc(Cl)cc(C(F)(F)F)c2)n1. The number of halogens is 4. The van der Waals surface area contributed by atoms with Crippen LogP contribution < -0.4 is 5.73 Å². The van der Waals surface area contributed by atoms with Crippen molar-refractivity contribution in [3.63, 3.8) is 0 Å². The first-order valence-electron chi connectivity index (χ1n) is 6.12. The highest BCUT2D eigenvalue weighted by Gasteiger charge is 2.31. The molecule has 0 atom stereocenters. The van der Waals surface area contributed by atoms with Gasteiger partial charge in [0.1, 0.15) is 12.1 Å². The third-order valence-corrected chi connectivity index (χ3v) is 3.10. The van der Waals surface area contributed by atoms with Crippen LogP contribution in [0.15, 0.2) is 35.2 Å². The average molecular weight is 342 g/mol. The molecule has 6 nitrogen and oxygen atoms in total. The topological polar surface area (TPSA) is 90.7 Å². The summed E-state index contributed by atoms with van der Waals surface area (Å²) in [6.07, 6.45) is -1.93. The number of alkyl halides is 3. The fraction of sp³-hybridized carbons (Fsp3) is 0.0769. The van der Waals surface area contributed by atoms with Gasteiger partial charge in [0.2, 0.25) is 5.82 Å². The van der Waals surface area contributed by atoms with Crippen LogP contribution in [0, 0.1) is 0 Å². The summed E-state index contributed by atoms with van der Waals surface area (Å²) >= 11 is 5.73. The maximum absolute atomic E-state index is 12.8. The molecule has 0 aliphatic carbocycles. The minimum atomic E-state index is -4.54. The van der Waals surface area contributed by atoms with Crippen LogP contribution >= 0.6 is 11.6 Å². The van der Waals surface area contributed by atoms with E-state index in [1.165, 1.54) is 18.6 Å². The lowest BCUT2D eigenvalue weighted by Crippen LogP contribution is -2.04. The molecular formula is C13H7ClF3N5O. The van der Waals surface area contributed by atoms with Crippen molar-refractivity contribution in [2.24, 2.45) is 0 Å². The van der Waals surface area contributed by atoms with Crippen LogP contribution in [0.1, 0.15) is 5.56 Å². The quantitative estimate of drug-likeness (QED) is 0.767. The van der Waals surface area contributed by atoms with Crippen molar-refractivity contribution < 1.29 is 17.7 Å². The Kier molecular flexibility index (Phi) is 3.64. The number of benzene rings is 1. The average Bonchev–Trinajstić information content (AvgIpc) is 2.96. The van der Waals surface area contributed by atoms with Crippen LogP contribution in [-0.4, -0.2) is 20.1 Å². The highest BCUT2D eigenvalue weighted by atomic mass is 35.5. The first-order chi connectivity index (χ1) is 10.8. The first kappa shape index (κ1) is 15.2. The molecule has 10 heteroatoms. The molecule has 118 valence electrons.